The molecule has 0 saturated carbocycles. The van der Waals surface area contributed by atoms with E-state index in [0.717, 1.165) is 37.4 Å². The van der Waals surface area contributed by atoms with Crippen molar-refractivity contribution in [1.29, 1.82) is 0 Å². The third-order valence-electron chi connectivity index (χ3n) is 4.79. The highest BCUT2D eigenvalue weighted by atomic mass is 19.1. The number of nitro benzene ring substituents is 1. The molecule has 1 saturated heterocycles. The summed E-state index contributed by atoms with van der Waals surface area (Å²) in [7, 11) is 0. The van der Waals surface area contributed by atoms with Crippen LogP contribution < -0.4 is 4.90 Å². The Bertz CT molecular complexity index is 774. The van der Waals surface area contributed by atoms with Crippen molar-refractivity contribution < 1.29 is 14.4 Å². The maximum atomic E-state index is 13.0. The third-order valence-corrected chi connectivity index (χ3v) is 4.79. The third kappa shape index (κ3) is 4.17. The second kappa shape index (κ2) is 7.80. The Kier molecular flexibility index (Phi) is 5.49. The van der Waals surface area contributed by atoms with Crippen molar-refractivity contribution >= 4 is 11.4 Å². The summed E-state index contributed by atoms with van der Waals surface area (Å²) in [5.74, 6) is -0.312. The molecule has 2 aromatic carbocycles. The molecule has 1 aliphatic heterocycles. The van der Waals surface area contributed by atoms with E-state index in [-0.39, 0.29) is 16.4 Å². The molecule has 0 aliphatic carbocycles. The Labute approximate surface area is 151 Å². The highest BCUT2D eigenvalue weighted by Crippen LogP contribution is 2.26. The largest absolute Gasteiger partial charge is 0.387 e. The number of nitrogens with zero attached hydrogens (tertiary/aromatic N) is 3. The molecule has 1 heterocycles. The summed E-state index contributed by atoms with van der Waals surface area (Å²) in [5, 5.41) is 21.2. The number of piperazine rings is 1. The predicted octanol–water partition coefficient (Wildman–Crippen LogP) is 2.90. The average molecular weight is 359 g/mol. The lowest BCUT2D eigenvalue weighted by Crippen LogP contribution is -2.47. The van der Waals surface area contributed by atoms with E-state index in [1.807, 2.05) is 6.92 Å². The van der Waals surface area contributed by atoms with Gasteiger partial charge in [0, 0.05) is 50.5 Å². The molecule has 0 aromatic heterocycles. The van der Waals surface area contributed by atoms with Gasteiger partial charge >= 0.3 is 0 Å². The van der Waals surface area contributed by atoms with Crippen LogP contribution in [-0.2, 0) is 0 Å². The zero-order chi connectivity index (χ0) is 18.7. The van der Waals surface area contributed by atoms with Gasteiger partial charge in [0.2, 0.25) is 0 Å². The lowest BCUT2D eigenvalue weighted by Gasteiger charge is -2.37. The normalized spacial score (nSPS) is 16.5. The smallest absolute Gasteiger partial charge is 0.269 e. The number of β-amino-alcohol motifs (C(OH)–C–C–N with tert-alkyl or cyclic N) is 1. The Morgan fingerprint density at radius 3 is 2.38 bits per heavy atom. The molecular weight excluding hydrogens is 337 g/mol. The van der Waals surface area contributed by atoms with E-state index in [2.05, 4.69) is 9.80 Å². The molecule has 3 rings (SSSR count). The SMILES string of the molecule is Cc1cc([N+](=O)[O-])ccc1N1CCN(CC(O)c2ccc(F)cc2)CC1. The Morgan fingerprint density at radius 2 is 1.81 bits per heavy atom. The van der Waals surface area contributed by atoms with Crippen molar-refractivity contribution in [2.45, 2.75) is 13.0 Å². The predicted molar refractivity (Wildman–Crippen MR) is 97.8 cm³/mol. The molecule has 0 amide bonds. The molecule has 1 aliphatic rings. The van der Waals surface area contributed by atoms with Gasteiger partial charge in [0.25, 0.3) is 5.69 Å². The molecule has 7 heteroatoms. The lowest BCUT2D eigenvalue weighted by atomic mass is 10.1. The minimum Gasteiger partial charge on any atom is -0.387 e. The highest BCUT2D eigenvalue weighted by Gasteiger charge is 2.21. The van der Waals surface area contributed by atoms with Crippen molar-refractivity contribution in [2.24, 2.45) is 0 Å². The fraction of sp³-hybridized carbons (Fsp3) is 0.368. The molecule has 0 spiro atoms. The molecule has 1 fully saturated rings. The second-order valence-electron chi connectivity index (χ2n) is 6.58. The van der Waals surface area contributed by atoms with Gasteiger partial charge in [-0.25, -0.2) is 4.39 Å². The van der Waals surface area contributed by atoms with E-state index in [9.17, 15) is 19.6 Å². The van der Waals surface area contributed by atoms with Crippen molar-refractivity contribution in [1.82, 2.24) is 4.90 Å². The molecule has 1 unspecified atom stereocenters. The van der Waals surface area contributed by atoms with E-state index in [0.29, 0.717) is 12.1 Å². The van der Waals surface area contributed by atoms with Crippen LogP contribution in [0.2, 0.25) is 0 Å². The zero-order valence-corrected chi connectivity index (χ0v) is 14.6. The Hall–Kier alpha value is -2.51. The van der Waals surface area contributed by atoms with Crippen LogP contribution in [0.25, 0.3) is 0 Å². The first-order valence-electron chi connectivity index (χ1n) is 8.60. The van der Waals surface area contributed by atoms with Crippen molar-refractivity contribution in [2.75, 3.05) is 37.6 Å². The second-order valence-corrected chi connectivity index (χ2v) is 6.58. The van der Waals surface area contributed by atoms with Gasteiger partial charge in [-0.2, -0.15) is 0 Å². The first-order valence-corrected chi connectivity index (χ1v) is 8.60. The first-order chi connectivity index (χ1) is 12.4. The van der Waals surface area contributed by atoms with Gasteiger partial charge in [0.15, 0.2) is 0 Å². The minimum absolute atomic E-state index is 0.104. The van der Waals surface area contributed by atoms with Gasteiger partial charge in [0.1, 0.15) is 5.82 Å². The quantitative estimate of drug-likeness (QED) is 0.657. The molecule has 138 valence electrons. The number of rotatable bonds is 5. The van der Waals surface area contributed by atoms with E-state index in [1.54, 1.807) is 24.3 Å². The number of nitro groups is 1. The van der Waals surface area contributed by atoms with Crippen LogP contribution in [0.3, 0.4) is 0 Å². The molecule has 26 heavy (non-hydrogen) atoms. The maximum absolute atomic E-state index is 13.0. The summed E-state index contributed by atoms with van der Waals surface area (Å²) in [6, 6.07) is 10.9. The van der Waals surface area contributed by atoms with Gasteiger partial charge in [-0.1, -0.05) is 12.1 Å². The fourth-order valence-electron chi connectivity index (χ4n) is 3.31. The van der Waals surface area contributed by atoms with Crippen LogP contribution in [0.15, 0.2) is 42.5 Å². The molecule has 6 nitrogen and oxygen atoms in total. The van der Waals surface area contributed by atoms with E-state index < -0.39 is 6.10 Å². The number of benzene rings is 2. The number of anilines is 1. The summed E-state index contributed by atoms with van der Waals surface area (Å²) < 4.78 is 13.0. The number of non-ortho nitro benzene ring substituents is 1. The van der Waals surface area contributed by atoms with E-state index in [1.165, 1.54) is 18.2 Å². The molecule has 2 aromatic rings. The Balaban J connectivity index is 1.57. The fourth-order valence-corrected chi connectivity index (χ4v) is 3.31. The summed E-state index contributed by atoms with van der Waals surface area (Å²) in [6.07, 6.45) is -0.650. The standard InChI is InChI=1S/C19H22FN3O3/c1-14-12-17(23(25)26)6-7-18(14)22-10-8-21(9-11-22)13-19(24)15-2-4-16(20)5-3-15/h2-7,12,19,24H,8-11,13H2,1H3. The first kappa shape index (κ1) is 18.3. The van der Waals surface area contributed by atoms with Crippen molar-refractivity contribution in [3.8, 4) is 0 Å². The summed E-state index contributed by atoms with van der Waals surface area (Å²) in [5.41, 5.74) is 2.71. The van der Waals surface area contributed by atoms with Crippen molar-refractivity contribution in [3.63, 3.8) is 0 Å². The molecule has 1 N–H and O–H groups in total. The van der Waals surface area contributed by atoms with Crippen molar-refractivity contribution in [3.05, 3.63) is 69.5 Å². The van der Waals surface area contributed by atoms with Crippen LogP contribution in [-0.4, -0.2) is 47.7 Å². The van der Waals surface area contributed by atoms with Gasteiger partial charge in [-0.3, -0.25) is 15.0 Å². The van der Waals surface area contributed by atoms with Gasteiger partial charge in [-0.15, -0.1) is 0 Å². The molecule has 0 bridgehead atoms. The van der Waals surface area contributed by atoms with Crippen LogP contribution >= 0.6 is 0 Å². The number of aliphatic hydroxyl groups excluding tert-OH is 1. The molecule has 0 radical (unpaired) electrons. The lowest BCUT2D eigenvalue weighted by molar-refractivity contribution is -0.384. The number of hydrogen-bond acceptors (Lipinski definition) is 5. The molecule has 1 atom stereocenters. The maximum Gasteiger partial charge on any atom is 0.269 e. The summed E-state index contributed by atoms with van der Waals surface area (Å²) in [6.45, 7) is 5.53. The molecular formula is C19H22FN3O3. The minimum atomic E-state index is -0.650. The summed E-state index contributed by atoms with van der Waals surface area (Å²) in [4.78, 5) is 14.9. The number of halogens is 1. The van der Waals surface area contributed by atoms with E-state index in [4.69, 9.17) is 0 Å². The van der Waals surface area contributed by atoms with Crippen LogP contribution in [0.4, 0.5) is 15.8 Å². The van der Waals surface area contributed by atoms with Crippen LogP contribution in [0.1, 0.15) is 17.2 Å². The van der Waals surface area contributed by atoms with Crippen LogP contribution in [0.5, 0.6) is 0 Å². The monoisotopic (exact) mass is 359 g/mol. The highest BCUT2D eigenvalue weighted by molar-refractivity contribution is 5.57. The van der Waals surface area contributed by atoms with Gasteiger partial charge in [0.05, 0.1) is 11.0 Å². The summed E-state index contributed by atoms with van der Waals surface area (Å²) >= 11 is 0. The number of aliphatic hydroxyl groups is 1. The number of hydrogen-bond donors (Lipinski definition) is 1. The Morgan fingerprint density at radius 1 is 1.15 bits per heavy atom. The average Bonchev–Trinajstić information content (AvgIpc) is 2.63. The van der Waals surface area contributed by atoms with E-state index >= 15 is 0 Å². The zero-order valence-electron chi connectivity index (χ0n) is 14.6. The number of aryl methyl sites for hydroxylation is 1. The van der Waals surface area contributed by atoms with Crippen LogP contribution in [0, 0.1) is 22.9 Å². The van der Waals surface area contributed by atoms with Gasteiger partial charge < -0.3 is 10.0 Å². The topological polar surface area (TPSA) is 69.9 Å². The van der Waals surface area contributed by atoms with Gasteiger partial charge in [-0.05, 0) is 36.2 Å².